The van der Waals surface area contributed by atoms with Gasteiger partial charge in [0.05, 0.1) is 0 Å². The number of aldehydes is 2. The summed E-state index contributed by atoms with van der Waals surface area (Å²) in [7, 11) is 0. The van der Waals surface area contributed by atoms with Crippen molar-refractivity contribution in [3.8, 4) is 0 Å². The molecule has 0 spiro atoms. The van der Waals surface area contributed by atoms with Crippen LogP contribution in [0.4, 0.5) is 0 Å². The predicted octanol–water partition coefficient (Wildman–Crippen LogP) is 1.60. The maximum atomic E-state index is 9.56. The fraction of sp³-hybridized carbons (Fsp3) is 0.778. The van der Waals surface area contributed by atoms with Gasteiger partial charge in [0.1, 0.15) is 12.6 Å². The molecule has 0 rings (SSSR count). The van der Waals surface area contributed by atoms with Crippen molar-refractivity contribution in [2.24, 2.45) is 0 Å². The van der Waals surface area contributed by atoms with Gasteiger partial charge in [-0.1, -0.05) is 0 Å². The van der Waals surface area contributed by atoms with Gasteiger partial charge < -0.3 is 14.3 Å². The van der Waals surface area contributed by atoms with Crippen LogP contribution in [0.15, 0.2) is 0 Å². The average Bonchev–Trinajstić information content (AvgIpc) is 2.08. The van der Waals surface area contributed by atoms with Crippen molar-refractivity contribution in [3.63, 3.8) is 0 Å². The number of carbonyl (C=O) groups excluding carboxylic acids is 2. The van der Waals surface area contributed by atoms with E-state index in [1.54, 1.807) is 0 Å². The van der Waals surface area contributed by atoms with Crippen LogP contribution in [0.3, 0.4) is 0 Å². The molecule has 0 bridgehead atoms. The predicted molar refractivity (Wildman–Crippen MR) is 48.1 cm³/mol. The van der Waals surface area contributed by atoms with Gasteiger partial charge in [0, 0.05) is 26.1 Å². The molecule has 0 aliphatic carbocycles. The van der Waals surface area contributed by atoms with Crippen LogP contribution < -0.4 is 0 Å². The molecule has 0 aromatic carbocycles. The van der Waals surface area contributed by atoms with E-state index in [0.717, 1.165) is 25.8 Å². The molecule has 3 heteroatoms. The molecule has 0 aliphatic rings. The first-order valence-electron chi connectivity index (χ1n) is 4.28. The summed E-state index contributed by atoms with van der Waals surface area (Å²) in [5.41, 5.74) is 0. The summed E-state index contributed by atoms with van der Waals surface area (Å²) < 4.78 is 4.83. The summed E-state index contributed by atoms with van der Waals surface area (Å²) >= 11 is 0. The van der Waals surface area contributed by atoms with Gasteiger partial charge in [-0.3, -0.25) is 0 Å². The van der Waals surface area contributed by atoms with E-state index >= 15 is 0 Å². The van der Waals surface area contributed by atoms with Crippen LogP contribution in [-0.4, -0.2) is 25.8 Å². The minimum Gasteiger partial charge on any atom is -0.382 e. The second kappa shape index (κ2) is 16.7. The van der Waals surface area contributed by atoms with Gasteiger partial charge in [0.25, 0.3) is 0 Å². The number of hydrogen-bond acceptors (Lipinski definition) is 3. The molecule has 0 fully saturated rings. The van der Waals surface area contributed by atoms with Crippen molar-refractivity contribution in [2.75, 3.05) is 13.2 Å². The maximum absolute atomic E-state index is 9.56. The number of carbonyl (C=O) groups is 2. The Kier molecular flexibility index (Phi) is 19.3. The van der Waals surface area contributed by atoms with Crippen molar-refractivity contribution < 1.29 is 14.3 Å². The average molecular weight is 174 g/mol. The van der Waals surface area contributed by atoms with E-state index in [9.17, 15) is 9.59 Å². The van der Waals surface area contributed by atoms with Gasteiger partial charge >= 0.3 is 0 Å². The Morgan fingerprint density at radius 3 is 1.58 bits per heavy atom. The number of unbranched alkanes of at least 4 members (excludes halogenated alkanes) is 2. The molecular weight excluding hydrogens is 156 g/mol. The second-order valence-corrected chi connectivity index (χ2v) is 2.05. The molecule has 72 valence electrons. The molecule has 0 unspecified atom stereocenters. The maximum Gasteiger partial charge on any atom is 0.120 e. The molecule has 0 atom stereocenters. The third-order valence-electron chi connectivity index (χ3n) is 1.05. The molecule has 0 amide bonds. The monoisotopic (exact) mass is 174 g/mol. The van der Waals surface area contributed by atoms with Crippen LogP contribution >= 0.6 is 0 Å². The van der Waals surface area contributed by atoms with Crippen molar-refractivity contribution in [1.82, 2.24) is 0 Å². The van der Waals surface area contributed by atoms with Crippen LogP contribution in [0, 0.1) is 0 Å². The van der Waals surface area contributed by atoms with E-state index in [4.69, 9.17) is 4.74 Å². The quantitative estimate of drug-likeness (QED) is 0.453. The van der Waals surface area contributed by atoms with E-state index in [-0.39, 0.29) is 0 Å². The zero-order valence-corrected chi connectivity index (χ0v) is 7.91. The minimum absolute atomic E-state index is 0.513. The summed E-state index contributed by atoms with van der Waals surface area (Å²) in [5.74, 6) is 0. The molecule has 0 aliphatic heterocycles. The molecule has 12 heavy (non-hydrogen) atoms. The normalized spacial score (nSPS) is 8.17. The third kappa shape index (κ3) is 22.8. The van der Waals surface area contributed by atoms with Crippen LogP contribution in [0.2, 0.25) is 0 Å². The first-order chi connectivity index (χ1) is 5.83. The molecular formula is C9H18O3. The van der Waals surface area contributed by atoms with Crippen molar-refractivity contribution >= 4 is 12.6 Å². The second-order valence-electron chi connectivity index (χ2n) is 2.05. The zero-order valence-electron chi connectivity index (χ0n) is 7.91. The smallest absolute Gasteiger partial charge is 0.120 e. The van der Waals surface area contributed by atoms with E-state index in [0.29, 0.717) is 19.3 Å². The van der Waals surface area contributed by atoms with E-state index in [1.807, 2.05) is 13.8 Å². The van der Waals surface area contributed by atoms with E-state index in [1.165, 1.54) is 0 Å². The zero-order chi connectivity index (χ0) is 9.66. The highest BCUT2D eigenvalue weighted by molar-refractivity contribution is 5.52. The van der Waals surface area contributed by atoms with Gasteiger partial charge in [-0.25, -0.2) is 0 Å². The lowest BCUT2D eigenvalue weighted by atomic mass is 10.3. The summed E-state index contributed by atoms with van der Waals surface area (Å²) in [6, 6.07) is 0. The molecule has 0 aromatic heterocycles. The van der Waals surface area contributed by atoms with Crippen LogP contribution in [0.5, 0.6) is 0 Å². The molecule has 0 N–H and O–H groups in total. The van der Waals surface area contributed by atoms with Crippen molar-refractivity contribution in [1.29, 1.82) is 0 Å². The van der Waals surface area contributed by atoms with E-state index in [2.05, 4.69) is 0 Å². The topological polar surface area (TPSA) is 43.4 Å². The summed E-state index contributed by atoms with van der Waals surface area (Å²) in [4.78, 5) is 19.1. The molecule has 0 aromatic rings. The first kappa shape index (κ1) is 13.9. The molecule has 0 saturated heterocycles. The fourth-order valence-electron chi connectivity index (χ4n) is 0.489. The van der Waals surface area contributed by atoms with Gasteiger partial charge in [-0.15, -0.1) is 0 Å². The number of ether oxygens (including phenoxy) is 1. The fourth-order valence-corrected chi connectivity index (χ4v) is 0.489. The van der Waals surface area contributed by atoms with Crippen LogP contribution in [-0.2, 0) is 14.3 Å². The summed E-state index contributed by atoms with van der Waals surface area (Å²) in [5, 5.41) is 0. The van der Waals surface area contributed by atoms with Gasteiger partial charge in [0.2, 0.25) is 0 Å². The number of hydrogen-bond donors (Lipinski definition) is 0. The van der Waals surface area contributed by atoms with E-state index < -0.39 is 0 Å². The Labute approximate surface area is 74.1 Å². The number of rotatable bonds is 6. The molecule has 0 saturated carbocycles. The Morgan fingerprint density at radius 1 is 1.00 bits per heavy atom. The SMILES string of the molecule is CCOCC.O=CCCCC=O. The standard InChI is InChI=1S/C5H8O2.C4H10O/c6-4-2-1-3-5-7;1-3-5-4-2/h4-5H,1-3H2;3-4H2,1-2H3. The van der Waals surface area contributed by atoms with Gasteiger partial charge in [0.15, 0.2) is 0 Å². The first-order valence-corrected chi connectivity index (χ1v) is 4.28. The van der Waals surface area contributed by atoms with Crippen LogP contribution in [0.1, 0.15) is 33.1 Å². The molecule has 3 nitrogen and oxygen atoms in total. The summed E-state index contributed by atoms with van der Waals surface area (Å²) in [6.45, 7) is 5.67. The Morgan fingerprint density at radius 2 is 1.42 bits per heavy atom. The minimum atomic E-state index is 0.513. The largest absolute Gasteiger partial charge is 0.382 e. The lowest BCUT2D eigenvalue weighted by Crippen LogP contribution is -1.84. The van der Waals surface area contributed by atoms with Crippen LogP contribution in [0.25, 0.3) is 0 Å². The molecule has 0 radical (unpaired) electrons. The van der Waals surface area contributed by atoms with Gasteiger partial charge in [-0.05, 0) is 20.3 Å². The highest BCUT2D eigenvalue weighted by Gasteiger charge is 1.80. The Bertz CT molecular complexity index is 81.8. The summed E-state index contributed by atoms with van der Waals surface area (Å²) in [6.07, 6.45) is 3.37. The Balaban J connectivity index is 0. The lowest BCUT2D eigenvalue weighted by Gasteiger charge is -1.86. The van der Waals surface area contributed by atoms with Crippen molar-refractivity contribution in [3.05, 3.63) is 0 Å². The highest BCUT2D eigenvalue weighted by atomic mass is 16.5. The Hall–Kier alpha value is -0.700. The molecule has 0 heterocycles. The lowest BCUT2D eigenvalue weighted by molar-refractivity contribution is -0.108. The highest BCUT2D eigenvalue weighted by Crippen LogP contribution is 1.85. The van der Waals surface area contributed by atoms with Crippen molar-refractivity contribution in [2.45, 2.75) is 33.1 Å². The third-order valence-corrected chi connectivity index (χ3v) is 1.05. The van der Waals surface area contributed by atoms with Gasteiger partial charge in [-0.2, -0.15) is 0 Å².